The maximum atomic E-state index is 4.08. The van der Waals surface area contributed by atoms with E-state index in [1.165, 1.54) is 55.2 Å². The van der Waals surface area contributed by atoms with Gasteiger partial charge in [-0.3, -0.25) is 0 Å². The predicted octanol–water partition coefficient (Wildman–Crippen LogP) is 7.87. The van der Waals surface area contributed by atoms with Crippen LogP contribution in [0.1, 0.15) is 73.1 Å². The normalized spacial score (nSPS) is 25.9. The highest BCUT2D eigenvalue weighted by molar-refractivity contribution is 5.66. The fourth-order valence-corrected chi connectivity index (χ4v) is 3.87. The van der Waals surface area contributed by atoms with Gasteiger partial charge >= 0.3 is 0 Å². The lowest BCUT2D eigenvalue weighted by atomic mass is 9.78. The van der Waals surface area contributed by atoms with Gasteiger partial charge in [-0.05, 0) is 73.3 Å². The largest absolute Gasteiger partial charge is 0.0987 e. The Bertz CT molecular complexity index is 561. The van der Waals surface area contributed by atoms with Crippen molar-refractivity contribution in [2.24, 2.45) is 5.92 Å². The van der Waals surface area contributed by atoms with Gasteiger partial charge < -0.3 is 0 Å². The van der Waals surface area contributed by atoms with Crippen molar-refractivity contribution in [3.63, 3.8) is 0 Å². The first kappa shape index (κ1) is 20.5. The molecule has 132 valence electrons. The third-order valence-corrected chi connectivity index (χ3v) is 4.70. The molecule has 3 rings (SSSR count). The number of hydrogen-bond donors (Lipinski definition) is 0. The Balaban J connectivity index is 0.000000671. The highest BCUT2D eigenvalue weighted by Gasteiger charge is 2.34. The summed E-state index contributed by atoms with van der Waals surface area (Å²) >= 11 is 0. The molecule has 0 aromatic carbocycles. The summed E-state index contributed by atoms with van der Waals surface area (Å²) in [7, 11) is 0. The molecule has 0 aromatic heterocycles. The van der Waals surface area contributed by atoms with E-state index in [9.17, 15) is 0 Å². The first-order chi connectivity index (χ1) is 11.9. The topological polar surface area (TPSA) is 0 Å². The van der Waals surface area contributed by atoms with E-state index in [4.69, 9.17) is 0 Å². The van der Waals surface area contributed by atoms with Crippen LogP contribution in [0.2, 0.25) is 0 Å². The molecule has 0 radical (unpaired) electrons. The summed E-state index contributed by atoms with van der Waals surface area (Å²) in [6.07, 6.45) is 21.3. The summed E-state index contributed by atoms with van der Waals surface area (Å²) in [6, 6.07) is 0. The van der Waals surface area contributed by atoms with Gasteiger partial charge in [-0.15, -0.1) is 0 Å². The zero-order valence-corrected chi connectivity index (χ0v) is 16.5. The van der Waals surface area contributed by atoms with Gasteiger partial charge in [-0.1, -0.05) is 70.7 Å². The van der Waals surface area contributed by atoms with Crippen molar-refractivity contribution in [2.45, 2.75) is 73.1 Å². The maximum Gasteiger partial charge on any atom is 0.0104 e. The van der Waals surface area contributed by atoms with Gasteiger partial charge in [0.15, 0.2) is 0 Å². The molecule has 1 unspecified atom stereocenters. The molecular weight excluding hydrogens is 288 g/mol. The van der Waals surface area contributed by atoms with Gasteiger partial charge in [0.25, 0.3) is 0 Å². The van der Waals surface area contributed by atoms with Crippen LogP contribution in [-0.2, 0) is 0 Å². The molecule has 1 atom stereocenters. The van der Waals surface area contributed by atoms with E-state index in [0.29, 0.717) is 5.92 Å². The van der Waals surface area contributed by atoms with Gasteiger partial charge in [0.05, 0.1) is 0 Å². The molecule has 24 heavy (non-hydrogen) atoms. The molecule has 0 heteroatoms. The van der Waals surface area contributed by atoms with E-state index in [1.54, 1.807) is 11.1 Å². The van der Waals surface area contributed by atoms with Crippen LogP contribution >= 0.6 is 0 Å². The highest BCUT2D eigenvalue weighted by atomic mass is 14.4. The Hall–Kier alpha value is -1.56. The zero-order valence-electron chi connectivity index (χ0n) is 16.5. The summed E-state index contributed by atoms with van der Waals surface area (Å²) in [4.78, 5) is 0. The van der Waals surface area contributed by atoms with Crippen molar-refractivity contribution in [2.75, 3.05) is 0 Å². The summed E-state index contributed by atoms with van der Waals surface area (Å²) < 4.78 is 0. The molecule has 0 nitrogen and oxygen atoms in total. The molecule has 0 amide bonds. The first-order valence-corrected chi connectivity index (χ1v) is 9.96. The van der Waals surface area contributed by atoms with Crippen molar-refractivity contribution < 1.29 is 0 Å². The molecule has 0 aromatic rings. The molecular formula is C24H36. The molecule has 0 bridgehead atoms. The van der Waals surface area contributed by atoms with Gasteiger partial charge in [-0.25, -0.2) is 0 Å². The van der Waals surface area contributed by atoms with Gasteiger partial charge in [0.2, 0.25) is 0 Å². The average Bonchev–Trinajstić information content (AvgIpc) is 2.99. The van der Waals surface area contributed by atoms with Crippen molar-refractivity contribution in [3.8, 4) is 0 Å². The molecule has 0 spiro atoms. The maximum absolute atomic E-state index is 4.08. The minimum atomic E-state index is 0.594. The number of hydrogen-bond acceptors (Lipinski definition) is 0. The Labute approximate surface area is 150 Å². The molecule has 3 aliphatic rings. The van der Waals surface area contributed by atoms with Crippen LogP contribution in [0.15, 0.2) is 70.9 Å². The Kier molecular flexibility index (Phi) is 9.45. The monoisotopic (exact) mass is 324 g/mol. The number of rotatable bonds is 2. The van der Waals surface area contributed by atoms with Crippen LogP contribution in [0, 0.1) is 5.92 Å². The van der Waals surface area contributed by atoms with Crippen molar-refractivity contribution >= 4 is 0 Å². The zero-order chi connectivity index (χ0) is 17.9. The minimum absolute atomic E-state index is 0.594. The van der Waals surface area contributed by atoms with Gasteiger partial charge in [0, 0.05) is 5.92 Å². The highest BCUT2D eigenvalue weighted by Crippen LogP contribution is 2.49. The standard InChI is InChI=1S/C20H24.2C2H6/c1-3-10-17-16(4-2)18-14-9-12-15-11-7-5-6-8-13-19(17)20(15)18;2*1-2/h3-4,8,10-11,13,18H,2,5-7,9,12,14H2,1H3;2*1-2H3/b10-3-,13-8-,15-11-;;. The lowest BCUT2D eigenvalue weighted by Gasteiger charge is -2.26. The third-order valence-electron chi connectivity index (χ3n) is 4.70. The van der Waals surface area contributed by atoms with Crippen LogP contribution < -0.4 is 0 Å². The quantitative estimate of drug-likeness (QED) is 0.484. The Morgan fingerprint density at radius 1 is 1.08 bits per heavy atom. The summed E-state index contributed by atoms with van der Waals surface area (Å²) in [5, 5.41) is 0. The summed E-state index contributed by atoms with van der Waals surface area (Å²) in [6.45, 7) is 14.2. The molecule has 3 aliphatic carbocycles. The molecule has 0 aliphatic heterocycles. The summed E-state index contributed by atoms with van der Waals surface area (Å²) in [5.74, 6) is 0.594. The van der Waals surface area contributed by atoms with Crippen molar-refractivity contribution in [1.82, 2.24) is 0 Å². The second-order valence-corrected chi connectivity index (χ2v) is 5.91. The predicted molar refractivity (Wildman–Crippen MR) is 110 cm³/mol. The van der Waals surface area contributed by atoms with Crippen LogP contribution in [0.25, 0.3) is 0 Å². The summed E-state index contributed by atoms with van der Waals surface area (Å²) in [5.41, 5.74) is 7.55. The van der Waals surface area contributed by atoms with Crippen molar-refractivity contribution in [3.05, 3.63) is 70.9 Å². The van der Waals surface area contributed by atoms with Crippen LogP contribution in [0.5, 0.6) is 0 Å². The minimum Gasteiger partial charge on any atom is -0.0987 e. The number of allylic oxidation sites excluding steroid dienone is 11. The molecule has 0 saturated heterocycles. The second-order valence-electron chi connectivity index (χ2n) is 5.91. The SMILES string of the molecule is C=CC1=C(/C=C\C)C2=C3\C(=C/CCC/C=C\2)CCCC13.CC.CC. The molecule has 1 saturated carbocycles. The smallest absolute Gasteiger partial charge is 0.0104 e. The average molecular weight is 325 g/mol. The lowest BCUT2D eigenvalue weighted by molar-refractivity contribution is 0.572. The van der Waals surface area contributed by atoms with Gasteiger partial charge in [-0.2, -0.15) is 0 Å². The second kappa shape index (κ2) is 11.1. The first-order valence-electron chi connectivity index (χ1n) is 9.96. The van der Waals surface area contributed by atoms with E-state index in [2.05, 4.69) is 50.0 Å². The molecule has 1 fully saturated rings. The van der Waals surface area contributed by atoms with E-state index >= 15 is 0 Å². The molecule has 0 N–H and O–H groups in total. The third kappa shape index (κ3) is 4.29. The fraction of sp³-hybridized carbons (Fsp3) is 0.500. The van der Waals surface area contributed by atoms with E-state index in [0.717, 1.165) is 0 Å². The van der Waals surface area contributed by atoms with Crippen molar-refractivity contribution in [1.29, 1.82) is 0 Å². The van der Waals surface area contributed by atoms with E-state index in [1.807, 2.05) is 27.7 Å². The van der Waals surface area contributed by atoms with Crippen LogP contribution in [-0.4, -0.2) is 0 Å². The Morgan fingerprint density at radius 3 is 2.50 bits per heavy atom. The van der Waals surface area contributed by atoms with E-state index < -0.39 is 0 Å². The Morgan fingerprint density at radius 2 is 1.83 bits per heavy atom. The molecule has 0 heterocycles. The van der Waals surface area contributed by atoms with E-state index in [-0.39, 0.29) is 0 Å². The fourth-order valence-electron chi connectivity index (χ4n) is 3.87. The van der Waals surface area contributed by atoms with Crippen LogP contribution in [0.4, 0.5) is 0 Å². The van der Waals surface area contributed by atoms with Crippen LogP contribution in [0.3, 0.4) is 0 Å². The van der Waals surface area contributed by atoms with Gasteiger partial charge in [0.1, 0.15) is 0 Å². The lowest BCUT2D eigenvalue weighted by Crippen LogP contribution is -2.11.